The molecular weight excluding hydrogens is 647 g/mol. The van der Waals surface area contributed by atoms with Gasteiger partial charge < -0.3 is 30.7 Å². The summed E-state index contributed by atoms with van der Waals surface area (Å²) in [5.74, 6) is -0.228. The summed E-state index contributed by atoms with van der Waals surface area (Å²) in [5.41, 5.74) is 8.93. The first kappa shape index (κ1) is 30.3. The van der Waals surface area contributed by atoms with Gasteiger partial charge in [0.15, 0.2) is 34.9 Å². The summed E-state index contributed by atoms with van der Waals surface area (Å²) >= 11 is 0. The lowest BCUT2D eigenvalue weighted by Gasteiger charge is -2.29. The van der Waals surface area contributed by atoms with E-state index in [4.69, 9.17) is 39.0 Å². The smallest absolute Gasteiger partial charge is 0.397 e. The molecule has 0 amide bonds. The number of pyridine rings is 1. The number of phosphoric ester groups is 2. The third-order valence-corrected chi connectivity index (χ3v) is 9.62. The average molecular weight is 673 g/mol. The standard InChI is InChI=1S/C22H26FN9O11P2/c1-22(23)15-12(41-20(22)32-8-27-13-10(24)2-3-26-16(13)32)6-39-44(34,35)42-11-4-9(5-38-45(36,37)43-15)40-19(11)31-7-28-14-17(31)29-21(25)30-18(14)33/h2-3,7-9,11-12,15,19-20H,4-6H2,1H3,(H2,24,26)(H,34,35)(H,36,37)(H3,25,29,30,33)/t9-,11+,12+,15+,19+,20+,22-/m0/s1. The number of rotatable bonds is 2. The molecule has 45 heavy (non-hydrogen) atoms. The van der Waals surface area contributed by atoms with E-state index in [-0.39, 0.29) is 40.4 Å². The highest BCUT2D eigenvalue weighted by molar-refractivity contribution is 7.47. The van der Waals surface area contributed by atoms with E-state index in [0.717, 1.165) is 6.92 Å². The van der Waals surface area contributed by atoms with Gasteiger partial charge in [0.1, 0.15) is 23.8 Å². The maximum Gasteiger partial charge on any atom is 0.472 e. The number of ether oxygens (including phenoxy) is 2. The summed E-state index contributed by atoms with van der Waals surface area (Å²) in [7, 11) is -10.0. The van der Waals surface area contributed by atoms with Gasteiger partial charge >= 0.3 is 15.6 Å². The predicted molar refractivity (Wildman–Crippen MR) is 148 cm³/mol. The molecule has 4 aromatic rings. The van der Waals surface area contributed by atoms with Gasteiger partial charge in [0.05, 0.1) is 37.7 Å². The van der Waals surface area contributed by atoms with Crippen LogP contribution in [0, 0.1) is 0 Å². The molecule has 2 bridgehead atoms. The van der Waals surface area contributed by atoms with Crippen LogP contribution in [0.3, 0.4) is 0 Å². The van der Waals surface area contributed by atoms with Gasteiger partial charge in [-0.15, -0.1) is 0 Å². The molecule has 7 N–H and O–H groups in total. The van der Waals surface area contributed by atoms with Crippen molar-refractivity contribution in [3.63, 3.8) is 0 Å². The minimum absolute atomic E-state index is 0.0267. The molecular formula is C22H26FN9O11P2. The van der Waals surface area contributed by atoms with Crippen LogP contribution in [0.15, 0.2) is 29.7 Å². The molecule has 7 rings (SSSR count). The highest BCUT2D eigenvalue weighted by Crippen LogP contribution is 2.56. The molecule has 4 aromatic heterocycles. The maximum atomic E-state index is 16.6. The first-order chi connectivity index (χ1) is 21.2. The molecule has 23 heteroatoms. The van der Waals surface area contributed by atoms with E-state index in [0.29, 0.717) is 0 Å². The van der Waals surface area contributed by atoms with Crippen molar-refractivity contribution >= 4 is 49.6 Å². The normalized spacial score (nSPS) is 37.7. The number of nitrogens with two attached hydrogens (primary N) is 2. The number of nitrogen functional groups attached to an aromatic ring is 2. The quantitative estimate of drug-likeness (QED) is 0.183. The number of imidazole rings is 2. The summed E-state index contributed by atoms with van der Waals surface area (Å²) in [6, 6.07) is 1.50. The van der Waals surface area contributed by atoms with Crippen LogP contribution in [0.2, 0.25) is 0 Å². The molecule has 20 nitrogen and oxygen atoms in total. The number of nitrogens with one attached hydrogen (secondary N) is 1. The van der Waals surface area contributed by atoms with Gasteiger partial charge in [0, 0.05) is 12.6 Å². The van der Waals surface area contributed by atoms with Crippen molar-refractivity contribution in [1.29, 1.82) is 0 Å². The fraction of sp³-hybridized carbons (Fsp3) is 0.500. The second kappa shape index (κ2) is 10.6. The Balaban J connectivity index is 1.21. The second-order valence-electron chi connectivity index (χ2n) is 10.8. The largest absolute Gasteiger partial charge is 0.472 e. The molecule has 3 aliphatic rings. The Hall–Kier alpha value is -3.36. The zero-order chi connectivity index (χ0) is 31.9. The number of alkyl halides is 1. The third-order valence-electron chi connectivity index (χ3n) is 7.64. The maximum absolute atomic E-state index is 16.6. The number of hydrogen-bond donors (Lipinski definition) is 5. The summed E-state index contributed by atoms with van der Waals surface area (Å²) in [4.78, 5) is 52.3. The number of fused-ring (bicyclic) bond motifs is 5. The number of phosphoric acid groups is 2. The van der Waals surface area contributed by atoms with Gasteiger partial charge in [-0.2, -0.15) is 4.98 Å². The number of anilines is 2. The van der Waals surface area contributed by atoms with Gasteiger partial charge in [-0.3, -0.25) is 37.0 Å². The molecule has 0 aliphatic carbocycles. The lowest BCUT2D eigenvalue weighted by Crippen LogP contribution is -2.42. The lowest BCUT2D eigenvalue weighted by molar-refractivity contribution is -0.0673. The van der Waals surface area contributed by atoms with E-state index in [9.17, 15) is 23.7 Å². The van der Waals surface area contributed by atoms with Crippen LogP contribution in [0.1, 0.15) is 25.8 Å². The fourth-order valence-corrected chi connectivity index (χ4v) is 7.62. The lowest BCUT2D eigenvalue weighted by atomic mass is 9.98. The van der Waals surface area contributed by atoms with Gasteiger partial charge in [-0.25, -0.2) is 28.5 Å². The van der Waals surface area contributed by atoms with Crippen LogP contribution in [-0.4, -0.2) is 87.1 Å². The minimum Gasteiger partial charge on any atom is -0.397 e. The number of H-pyrrole nitrogens is 1. The van der Waals surface area contributed by atoms with Crippen LogP contribution in [0.25, 0.3) is 22.3 Å². The Morgan fingerprint density at radius 2 is 1.71 bits per heavy atom. The van der Waals surface area contributed by atoms with Gasteiger partial charge in [-0.05, 0) is 13.0 Å². The molecule has 2 unspecified atom stereocenters. The van der Waals surface area contributed by atoms with Crippen LogP contribution < -0.4 is 17.0 Å². The number of hydrogen-bond acceptors (Lipinski definition) is 15. The molecule has 9 atom stereocenters. The highest BCUT2D eigenvalue weighted by Gasteiger charge is 2.60. The first-order valence-corrected chi connectivity index (χ1v) is 16.3. The second-order valence-corrected chi connectivity index (χ2v) is 13.6. The number of aromatic amines is 1. The summed E-state index contributed by atoms with van der Waals surface area (Å²) in [6.07, 6.45) is -4.89. The number of halogens is 1. The van der Waals surface area contributed by atoms with Gasteiger partial charge in [0.25, 0.3) is 5.56 Å². The van der Waals surface area contributed by atoms with Crippen molar-refractivity contribution in [2.75, 3.05) is 24.7 Å². The summed E-state index contributed by atoms with van der Waals surface area (Å²) < 4.78 is 78.3. The third kappa shape index (κ3) is 5.34. The zero-order valence-electron chi connectivity index (χ0n) is 23.1. The van der Waals surface area contributed by atoms with Crippen molar-refractivity contribution in [2.24, 2.45) is 0 Å². The Bertz CT molecular complexity index is 1950. The highest BCUT2D eigenvalue weighted by atomic mass is 31.2. The van der Waals surface area contributed by atoms with Gasteiger partial charge in [-0.1, -0.05) is 0 Å². The fourth-order valence-electron chi connectivity index (χ4n) is 5.65. The Labute approximate surface area is 250 Å². The van der Waals surface area contributed by atoms with E-state index < -0.39 is 77.0 Å². The Morgan fingerprint density at radius 1 is 1.00 bits per heavy atom. The van der Waals surface area contributed by atoms with Crippen LogP contribution in [-0.2, 0) is 36.7 Å². The van der Waals surface area contributed by atoms with E-state index in [1.54, 1.807) is 0 Å². The molecule has 7 heterocycles. The molecule has 3 aliphatic heterocycles. The number of nitrogens with zero attached hydrogens (tertiary/aromatic N) is 6. The van der Waals surface area contributed by atoms with Crippen LogP contribution in [0.5, 0.6) is 0 Å². The van der Waals surface area contributed by atoms with Crippen molar-refractivity contribution < 1.29 is 50.9 Å². The predicted octanol–water partition coefficient (Wildman–Crippen LogP) is 0.660. The molecule has 242 valence electrons. The van der Waals surface area contributed by atoms with Crippen LogP contribution in [0.4, 0.5) is 16.0 Å². The molecule has 0 spiro atoms. The van der Waals surface area contributed by atoms with Crippen molar-refractivity contribution in [2.45, 2.75) is 55.9 Å². The van der Waals surface area contributed by atoms with Crippen LogP contribution >= 0.6 is 15.6 Å². The first-order valence-electron chi connectivity index (χ1n) is 13.3. The molecule has 0 saturated carbocycles. The summed E-state index contributed by atoms with van der Waals surface area (Å²) in [6.45, 7) is -0.381. The summed E-state index contributed by atoms with van der Waals surface area (Å²) in [5, 5.41) is 0. The topological polar surface area (TPSA) is 276 Å². The van der Waals surface area contributed by atoms with Crippen molar-refractivity contribution in [3.05, 3.63) is 35.3 Å². The van der Waals surface area contributed by atoms with Crippen molar-refractivity contribution in [3.8, 4) is 0 Å². The van der Waals surface area contributed by atoms with E-state index in [1.165, 1.54) is 34.1 Å². The molecule has 3 saturated heterocycles. The Morgan fingerprint density at radius 3 is 2.51 bits per heavy atom. The molecule has 3 fully saturated rings. The number of aromatic nitrogens is 7. The van der Waals surface area contributed by atoms with Crippen molar-refractivity contribution in [1.82, 2.24) is 34.1 Å². The monoisotopic (exact) mass is 673 g/mol. The zero-order valence-corrected chi connectivity index (χ0v) is 24.9. The van der Waals surface area contributed by atoms with E-state index in [1.807, 2.05) is 0 Å². The minimum atomic E-state index is -5.04. The Kier molecular flexibility index (Phi) is 7.13. The molecule has 0 radical (unpaired) electrons. The van der Waals surface area contributed by atoms with Gasteiger partial charge in [0.2, 0.25) is 5.95 Å². The average Bonchev–Trinajstić information content (AvgIpc) is 3.71. The van der Waals surface area contributed by atoms with E-state index >= 15 is 4.39 Å². The SMILES string of the molecule is C[C@]1(F)[C@@H]2OP(=O)(O)OC[C@@H]3C[C@@H](OP(=O)(O)OC[C@H]2O[C@H]1n1cnc2c(N)ccnc21)[C@H](n1cnc2c(=O)[nH]c(N)nc21)O3. The molecule has 0 aromatic carbocycles. The van der Waals surface area contributed by atoms with E-state index in [2.05, 4.69) is 24.9 Å².